The highest BCUT2D eigenvalue weighted by atomic mass is 35.5. The SMILES string of the molecule is COc1cc2c(cc1OC)CCN(C(=O)[C@@]13CCCC[C@H]1CNC3)CC2.Cl. The maximum absolute atomic E-state index is 13.5. The van der Waals surface area contributed by atoms with Gasteiger partial charge in [-0.15, -0.1) is 12.4 Å². The maximum atomic E-state index is 13.5. The molecule has 2 fully saturated rings. The maximum Gasteiger partial charge on any atom is 0.230 e. The molecule has 4 rings (SSSR count). The van der Waals surface area contributed by atoms with Crippen molar-refractivity contribution in [1.29, 1.82) is 0 Å². The molecule has 1 aliphatic carbocycles. The number of amides is 1. The Labute approximate surface area is 168 Å². The third kappa shape index (κ3) is 3.52. The highest BCUT2D eigenvalue weighted by molar-refractivity contribution is 5.85. The molecule has 5 nitrogen and oxygen atoms in total. The van der Waals surface area contributed by atoms with Crippen molar-refractivity contribution >= 4 is 18.3 Å². The van der Waals surface area contributed by atoms with Crippen molar-refractivity contribution in [1.82, 2.24) is 10.2 Å². The van der Waals surface area contributed by atoms with Crippen LogP contribution in [0, 0.1) is 11.3 Å². The number of nitrogens with zero attached hydrogens (tertiary/aromatic N) is 1. The van der Waals surface area contributed by atoms with E-state index in [2.05, 4.69) is 22.3 Å². The summed E-state index contributed by atoms with van der Waals surface area (Å²) in [5.41, 5.74) is 2.41. The number of fused-ring (bicyclic) bond motifs is 2. The number of benzene rings is 1. The number of methoxy groups -OCH3 is 2. The molecule has 1 aromatic carbocycles. The monoisotopic (exact) mass is 394 g/mol. The van der Waals surface area contributed by atoms with E-state index in [4.69, 9.17) is 9.47 Å². The Morgan fingerprint density at radius 1 is 1.11 bits per heavy atom. The molecule has 1 saturated heterocycles. The van der Waals surface area contributed by atoms with Crippen molar-refractivity contribution in [3.8, 4) is 11.5 Å². The van der Waals surface area contributed by atoms with Crippen LogP contribution in [0.15, 0.2) is 12.1 Å². The molecule has 0 unspecified atom stereocenters. The number of carbonyl (C=O) groups is 1. The van der Waals surface area contributed by atoms with Crippen molar-refractivity contribution in [2.24, 2.45) is 11.3 Å². The van der Waals surface area contributed by atoms with E-state index in [0.29, 0.717) is 11.8 Å². The van der Waals surface area contributed by atoms with Gasteiger partial charge < -0.3 is 19.7 Å². The van der Waals surface area contributed by atoms with E-state index in [9.17, 15) is 4.79 Å². The summed E-state index contributed by atoms with van der Waals surface area (Å²) < 4.78 is 10.9. The lowest BCUT2D eigenvalue weighted by Crippen LogP contribution is -2.50. The molecule has 1 aromatic rings. The van der Waals surface area contributed by atoms with Crippen LogP contribution < -0.4 is 14.8 Å². The van der Waals surface area contributed by atoms with E-state index < -0.39 is 0 Å². The standard InChI is InChI=1S/C21H30N2O3.ClH/c1-25-18-11-15-6-9-23(10-7-16(15)12-19(18)26-2)20(24)21-8-4-3-5-17(21)13-22-14-21;/h11-12,17,22H,3-10,13-14H2,1-2H3;1H/t17-,21+;/m0./s1. The highest BCUT2D eigenvalue weighted by Gasteiger charge is 2.51. The average Bonchev–Trinajstić information content (AvgIpc) is 3.02. The highest BCUT2D eigenvalue weighted by Crippen LogP contribution is 2.45. The number of hydrogen-bond donors (Lipinski definition) is 1. The summed E-state index contributed by atoms with van der Waals surface area (Å²) >= 11 is 0. The van der Waals surface area contributed by atoms with Crippen LogP contribution in [0.5, 0.6) is 11.5 Å². The summed E-state index contributed by atoms with van der Waals surface area (Å²) in [4.78, 5) is 15.7. The van der Waals surface area contributed by atoms with Gasteiger partial charge in [-0.3, -0.25) is 4.79 Å². The summed E-state index contributed by atoms with van der Waals surface area (Å²) in [5, 5.41) is 3.51. The zero-order chi connectivity index (χ0) is 18.1. The minimum atomic E-state index is -0.149. The van der Waals surface area contributed by atoms with Gasteiger partial charge in [-0.1, -0.05) is 12.8 Å². The Kier molecular flexibility index (Phi) is 6.21. The fourth-order valence-corrected chi connectivity index (χ4v) is 5.24. The van der Waals surface area contributed by atoms with E-state index in [1.165, 1.54) is 30.4 Å². The van der Waals surface area contributed by atoms with E-state index >= 15 is 0 Å². The fourth-order valence-electron chi connectivity index (χ4n) is 5.24. The van der Waals surface area contributed by atoms with Gasteiger partial charge in [-0.25, -0.2) is 0 Å². The van der Waals surface area contributed by atoms with Crippen LogP contribution in [-0.4, -0.2) is 51.2 Å². The lowest BCUT2D eigenvalue weighted by molar-refractivity contribution is -0.145. The minimum absolute atomic E-state index is 0. The molecule has 6 heteroatoms. The Bertz CT molecular complexity index is 661. The second-order valence-electron chi connectivity index (χ2n) is 8.00. The molecule has 0 bridgehead atoms. The van der Waals surface area contributed by atoms with Crippen LogP contribution in [0.25, 0.3) is 0 Å². The first-order valence-corrected chi connectivity index (χ1v) is 9.92. The summed E-state index contributed by atoms with van der Waals surface area (Å²) in [6.07, 6.45) is 6.47. The van der Waals surface area contributed by atoms with Gasteiger partial charge >= 0.3 is 0 Å². The minimum Gasteiger partial charge on any atom is -0.493 e. The molecule has 2 heterocycles. The van der Waals surface area contributed by atoms with E-state index in [1.807, 2.05) is 0 Å². The molecular formula is C21H31ClN2O3. The van der Waals surface area contributed by atoms with Crippen molar-refractivity contribution in [3.05, 3.63) is 23.3 Å². The summed E-state index contributed by atoms with van der Waals surface area (Å²) in [6, 6.07) is 4.17. The summed E-state index contributed by atoms with van der Waals surface area (Å²) in [5.74, 6) is 2.46. The zero-order valence-corrected chi connectivity index (χ0v) is 17.2. The molecular weight excluding hydrogens is 364 g/mol. The molecule has 27 heavy (non-hydrogen) atoms. The predicted molar refractivity (Wildman–Crippen MR) is 108 cm³/mol. The zero-order valence-electron chi connectivity index (χ0n) is 16.4. The first-order chi connectivity index (χ1) is 12.7. The summed E-state index contributed by atoms with van der Waals surface area (Å²) in [6.45, 7) is 3.47. The third-order valence-corrected chi connectivity index (χ3v) is 6.76. The number of halogens is 1. The third-order valence-electron chi connectivity index (χ3n) is 6.76. The van der Waals surface area contributed by atoms with E-state index in [0.717, 1.165) is 56.9 Å². The average molecular weight is 395 g/mol. The number of hydrogen-bond acceptors (Lipinski definition) is 4. The lowest BCUT2D eigenvalue weighted by Gasteiger charge is -2.40. The first kappa shape index (κ1) is 20.3. The van der Waals surface area contributed by atoms with Crippen LogP contribution in [0.1, 0.15) is 36.8 Å². The number of rotatable bonds is 3. The molecule has 150 valence electrons. The number of carbonyl (C=O) groups excluding carboxylic acids is 1. The Balaban J connectivity index is 0.00000210. The first-order valence-electron chi connectivity index (χ1n) is 9.92. The van der Waals surface area contributed by atoms with Gasteiger partial charge in [0.2, 0.25) is 5.91 Å². The van der Waals surface area contributed by atoms with Gasteiger partial charge in [0.15, 0.2) is 11.5 Å². The molecule has 1 saturated carbocycles. The van der Waals surface area contributed by atoms with Gasteiger partial charge in [0.1, 0.15) is 0 Å². The van der Waals surface area contributed by atoms with Gasteiger partial charge in [0, 0.05) is 19.6 Å². The molecule has 1 amide bonds. The van der Waals surface area contributed by atoms with Crippen molar-refractivity contribution < 1.29 is 14.3 Å². The van der Waals surface area contributed by atoms with E-state index in [1.54, 1.807) is 14.2 Å². The van der Waals surface area contributed by atoms with Crippen molar-refractivity contribution in [2.45, 2.75) is 38.5 Å². The van der Waals surface area contributed by atoms with Gasteiger partial charge in [-0.05, 0) is 61.4 Å². The predicted octanol–water partition coefficient (Wildman–Crippen LogP) is 2.83. The van der Waals surface area contributed by atoms with Crippen LogP contribution in [0.4, 0.5) is 0 Å². The topological polar surface area (TPSA) is 50.8 Å². The largest absolute Gasteiger partial charge is 0.493 e. The van der Waals surface area contributed by atoms with Crippen LogP contribution >= 0.6 is 12.4 Å². The molecule has 0 radical (unpaired) electrons. The Hall–Kier alpha value is -1.46. The summed E-state index contributed by atoms with van der Waals surface area (Å²) in [7, 11) is 3.35. The van der Waals surface area contributed by atoms with Crippen LogP contribution in [0.2, 0.25) is 0 Å². The second kappa shape index (κ2) is 8.27. The van der Waals surface area contributed by atoms with Crippen LogP contribution in [0.3, 0.4) is 0 Å². The van der Waals surface area contributed by atoms with Crippen LogP contribution in [-0.2, 0) is 17.6 Å². The normalized spacial score (nSPS) is 27.0. The lowest BCUT2D eigenvalue weighted by atomic mass is 9.67. The molecule has 3 aliphatic rings. The second-order valence-corrected chi connectivity index (χ2v) is 8.00. The van der Waals surface area contributed by atoms with Crippen molar-refractivity contribution in [3.63, 3.8) is 0 Å². The Morgan fingerprint density at radius 3 is 2.33 bits per heavy atom. The van der Waals surface area contributed by atoms with Crippen molar-refractivity contribution in [2.75, 3.05) is 40.4 Å². The molecule has 2 atom stereocenters. The number of ether oxygens (including phenoxy) is 2. The molecule has 1 N–H and O–H groups in total. The van der Waals surface area contributed by atoms with E-state index in [-0.39, 0.29) is 17.8 Å². The fraction of sp³-hybridized carbons (Fsp3) is 0.667. The molecule has 0 spiro atoms. The molecule has 0 aromatic heterocycles. The number of nitrogens with one attached hydrogen (secondary N) is 1. The quantitative estimate of drug-likeness (QED) is 0.856. The van der Waals surface area contributed by atoms with Gasteiger partial charge in [0.05, 0.1) is 19.6 Å². The smallest absolute Gasteiger partial charge is 0.230 e. The molecule has 2 aliphatic heterocycles. The van der Waals surface area contributed by atoms with Gasteiger partial charge in [-0.2, -0.15) is 0 Å². The van der Waals surface area contributed by atoms with Gasteiger partial charge in [0.25, 0.3) is 0 Å². The Morgan fingerprint density at radius 2 is 1.74 bits per heavy atom.